The molecule has 0 radical (unpaired) electrons. The van der Waals surface area contributed by atoms with Crippen LogP contribution in [0.5, 0.6) is 0 Å². The number of hydrogen-bond donors (Lipinski definition) is 0. The minimum Gasteiger partial charge on any atom is -0.300 e. The van der Waals surface area contributed by atoms with Gasteiger partial charge in [0.15, 0.2) is 5.78 Å². The normalized spacial score (nSPS) is 12.8. The number of carbonyl (C=O) groups is 2. The van der Waals surface area contributed by atoms with Crippen molar-refractivity contribution in [1.82, 2.24) is 0 Å². The summed E-state index contributed by atoms with van der Waals surface area (Å²) in [4.78, 5) is 20.9. The lowest BCUT2D eigenvalue weighted by atomic mass is 10.2. The molecule has 52 valence electrons. The third-order valence-electron chi connectivity index (χ3n) is 0.867. The van der Waals surface area contributed by atoms with Gasteiger partial charge in [-0.2, -0.15) is 0 Å². The molecule has 0 spiro atoms. The predicted molar refractivity (Wildman–Crippen MR) is 35.6 cm³/mol. The second-order valence-corrected chi connectivity index (χ2v) is 2.62. The van der Waals surface area contributed by atoms with E-state index in [9.17, 15) is 9.59 Å². The lowest BCUT2D eigenvalue weighted by Crippen LogP contribution is -2.13. The monoisotopic (exact) mass is 148 g/mol. The van der Waals surface area contributed by atoms with Crippen LogP contribution in [0.1, 0.15) is 20.3 Å². The number of carbonyl (C=O) groups excluding carboxylic acids is 2. The molecule has 0 aromatic heterocycles. The molecule has 0 aliphatic carbocycles. The molecule has 2 nitrogen and oxygen atoms in total. The van der Waals surface area contributed by atoms with Crippen molar-refractivity contribution in [3.63, 3.8) is 0 Å². The van der Waals surface area contributed by atoms with Crippen molar-refractivity contribution in [2.45, 2.75) is 25.6 Å². The van der Waals surface area contributed by atoms with Crippen molar-refractivity contribution >= 4 is 23.2 Å². The lowest BCUT2D eigenvalue weighted by molar-refractivity contribution is -0.125. The van der Waals surface area contributed by atoms with Gasteiger partial charge in [0, 0.05) is 0 Å². The Labute approximate surface area is 59.2 Å². The molecule has 0 heterocycles. The van der Waals surface area contributed by atoms with Gasteiger partial charge >= 0.3 is 0 Å². The summed E-state index contributed by atoms with van der Waals surface area (Å²) in [6, 6.07) is 0. The number of ketones is 2. The highest BCUT2D eigenvalue weighted by Gasteiger charge is 2.10. The number of hydrogen-bond acceptors (Lipinski definition) is 2. The van der Waals surface area contributed by atoms with Crippen LogP contribution in [0.4, 0.5) is 0 Å². The second kappa shape index (κ2) is 3.62. The van der Waals surface area contributed by atoms with Gasteiger partial charge in [0.1, 0.15) is 5.78 Å². The van der Waals surface area contributed by atoms with Crippen LogP contribution in [-0.2, 0) is 9.59 Å². The molecular weight excluding hydrogens is 140 g/mol. The van der Waals surface area contributed by atoms with Crippen LogP contribution in [0, 0.1) is 0 Å². The van der Waals surface area contributed by atoms with Crippen LogP contribution >= 0.6 is 11.6 Å². The molecule has 1 atom stereocenters. The summed E-state index contributed by atoms with van der Waals surface area (Å²) in [6.07, 6.45) is -0.0370. The fourth-order valence-electron chi connectivity index (χ4n) is 0.386. The third-order valence-corrected chi connectivity index (χ3v) is 1.11. The SMILES string of the molecule is CC(=O)CC(=O)C(C)Cl. The van der Waals surface area contributed by atoms with Crippen molar-refractivity contribution in [1.29, 1.82) is 0 Å². The fourth-order valence-corrected chi connectivity index (χ4v) is 0.463. The first kappa shape index (κ1) is 8.63. The maximum atomic E-state index is 10.6. The highest BCUT2D eigenvalue weighted by molar-refractivity contribution is 6.32. The largest absolute Gasteiger partial charge is 0.300 e. The van der Waals surface area contributed by atoms with Crippen LogP contribution in [0.25, 0.3) is 0 Å². The zero-order valence-corrected chi connectivity index (χ0v) is 6.23. The molecule has 0 saturated heterocycles. The van der Waals surface area contributed by atoms with E-state index < -0.39 is 5.38 Å². The number of rotatable bonds is 3. The fraction of sp³-hybridized carbons (Fsp3) is 0.667. The molecular formula is C6H9ClO2. The Morgan fingerprint density at radius 1 is 1.56 bits per heavy atom. The van der Waals surface area contributed by atoms with Crippen LogP contribution in [-0.4, -0.2) is 16.9 Å². The van der Waals surface area contributed by atoms with Crippen molar-refractivity contribution in [3.8, 4) is 0 Å². The predicted octanol–water partition coefficient (Wildman–Crippen LogP) is 1.16. The Balaban J connectivity index is 3.64. The summed E-state index contributed by atoms with van der Waals surface area (Å²) >= 11 is 5.37. The van der Waals surface area contributed by atoms with E-state index in [0.717, 1.165) is 0 Å². The van der Waals surface area contributed by atoms with E-state index in [1.54, 1.807) is 6.92 Å². The molecule has 1 unspecified atom stereocenters. The molecule has 0 aliphatic heterocycles. The number of halogens is 1. The van der Waals surface area contributed by atoms with Crippen molar-refractivity contribution in [3.05, 3.63) is 0 Å². The Hall–Kier alpha value is -0.370. The van der Waals surface area contributed by atoms with E-state index in [0.29, 0.717) is 0 Å². The molecule has 0 N–H and O–H groups in total. The molecule has 0 saturated carbocycles. The van der Waals surface area contributed by atoms with Crippen molar-refractivity contribution in [2.24, 2.45) is 0 Å². The first-order valence-corrected chi connectivity index (χ1v) is 3.14. The molecule has 9 heavy (non-hydrogen) atoms. The highest BCUT2D eigenvalue weighted by Crippen LogP contribution is 1.98. The van der Waals surface area contributed by atoms with Gasteiger partial charge in [0.2, 0.25) is 0 Å². The van der Waals surface area contributed by atoms with Crippen LogP contribution in [0.2, 0.25) is 0 Å². The van der Waals surface area contributed by atoms with E-state index >= 15 is 0 Å². The van der Waals surface area contributed by atoms with E-state index in [1.807, 2.05) is 0 Å². The number of alkyl halides is 1. The highest BCUT2D eigenvalue weighted by atomic mass is 35.5. The van der Waals surface area contributed by atoms with Gasteiger partial charge in [-0.15, -0.1) is 11.6 Å². The van der Waals surface area contributed by atoms with Crippen LogP contribution in [0.3, 0.4) is 0 Å². The van der Waals surface area contributed by atoms with Gasteiger partial charge in [-0.25, -0.2) is 0 Å². The second-order valence-electron chi connectivity index (χ2n) is 1.96. The summed E-state index contributed by atoms with van der Waals surface area (Å²) in [5.41, 5.74) is 0. The molecule has 0 rings (SSSR count). The summed E-state index contributed by atoms with van der Waals surface area (Å²) in [7, 11) is 0. The molecule has 0 aromatic carbocycles. The molecule has 0 aliphatic rings. The Bertz CT molecular complexity index is 129. The maximum absolute atomic E-state index is 10.6. The molecule has 0 fully saturated rings. The average Bonchev–Trinajstić information content (AvgIpc) is 1.63. The molecule has 3 heteroatoms. The maximum Gasteiger partial charge on any atom is 0.157 e. The summed E-state index contributed by atoms with van der Waals surface area (Å²) in [6.45, 7) is 2.93. The summed E-state index contributed by atoms with van der Waals surface area (Å²) in [5, 5.41) is -0.533. The standard InChI is InChI=1S/C6H9ClO2/c1-4(8)3-6(9)5(2)7/h5H,3H2,1-2H3. The van der Waals surface area contributed by atoms with Crippen LogP contribution < -0.4 is 0 Å². The zero-order chi connectivity index (χ0) is 7.44. The first-order chi connectivity index (χ1) is 4.04. The van der Waals surface area contributed by atoms with E-state index in [1.165, 1.54) is 6.92 Å². The Morgan fingerprint density at radius 3 is 2.11 bits per heavy atom. The Kier molecular flexibility index (Phi) is 3.47. The molecule has 0 aromatic rings. The Morgan fingerprint density at radius 2 is 2.00 bits per heavy atom. The van der Waals surface area contributed by atoms with Gasteiger partial charge in [-0.1, -0.05) is 0 Å². The average molecular weight is 149 g/mol. The minimum absolute atomic E-state index is 0.0370. The van der Waals surface area contributed by atoms with Gasteiger partial charge < -0.3 is 0 Å². The van der Waals surface area contributed by atoms with Crippen molar-refractivity contribution in [2.75, 3.05) is 0 Å². The molecule has 0 amide bonds. The van der Waals surface area contributed by atoms with Crippen LogP contribution in [0.15, 0.2) is 0 Å². The minimum atomic E-state index is -0.533. The quantitative estimate of drug-likeness (QED) is 0.445. The van der Waals surface area contributed by atoms with Gasteiger partial charge in [0.05, 0.1) is 11.8 Å². The van der Waals surface area contributed by atoms with Gasteiger partial charge in [-0.3, -0.25) is 9.59 Å². The lowest BCUT2D eigenvalue weighted by Gasteiger charge is -1.96. The summed E-state index contributed by atoms with van der Waals surface area (Å²) in [5.74, 6) is -0.336. The smallest absolute Gasteiger partial charge is 0.157 e. The number of Topliss-reactive ketones (excluding diaryl/α,β-unsaturated/α-hetero) is 2. The van der Waals surface area contributed by atoms with Gasteiger partial charge in [-0.05, 0) is 13.8 Å². The topological polar surface area (TPSA) is 34.1 Å². The van der Waals surface area contributed by atoms with Crippen molar-refractivity contribution < 1.29 is 9.59 Å². The van der Waals surface area contributed by atoms with E-state index in [-0.39, 0.29) is 18.0 Å². The van der Waals surface area contributed by atoms with Gasteiger partial charge in [0.25, 0.3) is 0 Å². The third kappa shape index (κ3) is 4.15. The zero-order valence-electron chi connectivity index (χ0n) is 5.48. The first-order valence-electron chi connectivity index (χ1n) is 2.70. The molecule has 0 bridgehead atoms. The summed E-state index contributed by atoms with van der Waals surface area (Å²) < 4.78 is 0. The van der Waals surface area contributed by atoms with E-state index in [4.69, 9.17) is 11.6 Å². The van der Waals surface area contributed by atoms with E-state index in [2.05, 4.69) is 0 Å².